The normalized spacial score (nSPS) is 38.3. The van der Waals surface area contributed by atoms with Gasteiger partial charge in [0.15, 0.2) is 0 Å². The summed E-state index contributed by atoms with van der Waals surface area (Å²) >= 11 is 0. The Balaban J connectivity index is 3.90. The summed E-state index contributed by atoms with van der Waals surface area (Å²) in [4.78, 5) is 2.00. The minimum atomic E-state index is -6.08. The van der Waals surface area contributed by atoms with E-state index in [0.29, 0.717) is 7.11 Å². The van der Waals surface area contributed by atoms with Crippen molar-refractivity contribution in [1.29, 1.82) is 0 Å². The maximum atomic E-state index is 14.2. The van der Waals surface area contributed by atoms with Gasteiger partial charge in [-0.1, -0.05) is 0 Å². The summed E-state index contributed by atoms with van der Waals surface area (Å²) in [5.41, 5.74) is 5.05. The molecule has 0 aromatic heterocycles. The summed E-state index contributed by atoms with van der Waals surface area (Å²) < 4.78 is 88.9. The third kappa shape index (κ3) is 2.18. The van der Waals surface area contributed by atoms with E-state index >= 15 is 0 Å². The van der Waals surface area contributed by atoms with Crippen molar-refractivity contribution in [3.63, 3.8) is 0 Å². The van der Waals surface area contributed by atoms with Crippen LogP contribution in [0.2, 0.25) is 0 Å². The molecular formula is C4H10F2N5O8S2+. The molecule has 124 valence electrons. The number of aliphatic imine (C=N–C) groups is 1. The number of methoxy groups -OCH3 is 1. The van der Waals surface area contributed by atoms with Crippen LogP contribution in [0.1, 0.15) is 0 Å². The molecule has 0 aliphatic carbocycles. The van der Waals surface area contributed by atoms with Crippen molar-refractivity contribution in [3.8, 4) is 0 Å². The Bertz CT molecular complexity index is 691. The lowest BCUT2D eigenvalue weighted by atomic mass is 10.5. The van der Waals surface area contributed by atoms with Gasteiger partial charge in [0, 0.05) is 11.9 Å². The first kappa shape index (κ1) is 18.0. The first-order chi connectivity index (χ1) is 9.06. The number of hydroxylamine groups is 2. The zero-order valence-corrected chi connectivity index (χ0v) is 11.6. The van der Waals surface area contributed by atoms with E-state index < -0.39 is 46.8 Å². The molecular weight excluding hydrogens is 348 g/mol. The average Bonchev–Trinajstić information content (AvgIpc) is 2.23. The maximum absolute atomic E-state index is 14.2. The van der Waals surface area contributed by atoms with Crippen LogP contribution >= 0.6 is 0 Å². The van der Waals surface area contributed by atoms with Gasteiger partial charge in [0.1, 0.15) is 0 Å². The van der Waals surface area contributed by atoms with Crippen molar-refractivity contribution in [1.82, 2.24) is 4.31 Å². The molecule has 21 heavy (non-hydrogen) atoms. The van der Waals surface area contributed by atoms with Gasteiger partial charge >= 0.3 is 37.7 Å². The van der Waals surface area contributed by atoms with Crippen LogP contribution in [0.25, 0.3) is 0 Å². The second-order valence-electron chi connectivity index (χ2n) is 3.68. The number of hydrogen-bond acceptors (Lipinski definition) is 9. The van der Waals surface area contributed by atoms with E-state index in [4.69, 9.17) is 20.7 Å². The van der Waals surface area contributed by atoms with Crippen LogP contribution in [0.3, 0.4) is 0 Å². The highest BCUT2D eigenvalue weighted by Crippen LogP contribution is 2.41. The molecule has 3 unspecified atom stereocenters. The van der Waals surface area contributed by atoms with Crippen LogP contribution < -0.4 is 11.6 Å². The summed E-state index contributed by atoms with van der Waals surface area (Å²) in [6.45, 7) is 0. The molecule has 1 heterocycles. The molecule has 0 saturated heterocycles. The third-order valence-corrected chi connectivity index (χ3v) is 4.36. The molecule has 0 amide bonds. The van der Waals surface area contributed by atoms with Gasteiger partial charge in [-0.2, -0.15) is 26.4 Å². The topological polar surface area (TPSA) is 206 Å². The van der Waals surface area contributed by atoms with Crippen molar-refractivity contribution in [2.24, 2.45) is 16.6 Å². The Morgan fingerprint density at radius 3 is 2.10 bits per heavy atom. The third-order valence-electron chi connectivity index (χ3n) is 2.46. The van der Waals surface area contributed by atoms with E-state index in [2.05, 4.69) is 4.74 Å². The fraction of sp³-hybridized carbons (Fsp3) is 0.750. The quantitative estimate of drug-likeness (QED) is 0.115. The van der Waals surface area contributed by atoms with E-state index in [1.165, 1.54) is 0 Å². The number of quaternary nitrogens is 1. The molecule has 0 bridgehead atoms. The predicted octanol–water partition coefficient (Wildman–Crippen LogP) is -2.80. The summed E-state index contributed by atoms with van der Waals surface area (Å²) in [5.74, 6) is 1.04. The second kappa shape index (κ2) is 4.47. The van der Waals surface area contributed by atoms with Crippen molar-refractivity contribution < 1.29 is 49.4 Å². The Morgan fingerprint density at radius 2 is 1.81 bits per heavy atom. The lowest BCUT2D eigenvalue weighted by Gasteiger charge is -2.47. The number of hydrogen-bond donors (Lipinski definition) is 5. The van der Waals surface area contributed by atoms with Crippen LogP contribution in [-0.4, -0.2) is 64.6 Å². The highest BCUT2D eigenvalue weighted by molar-refractivity contribution is 7.86. The lowest BCUT2D eigenvalue weighted by Crippen LogP contribution is -2.88. The summed E-state index contributed by atoms with van der Waals surface area (Å²) in [5, 5.41) is 4.87. The summed E-state index contributed by atoms with van der Waals surface area (Å²) in [6.07, 6.45) is -2.57. The largest absolute Gasteiger partial charge is 0.527 e. The number of nitrogens with zero attached hydrogens (tertiary/aromatic N) is 3. The number of halogens is 2. The molecule has 0 aromatic rings. The molecule has 0 saturated carbocycles. The fourth-order valence-corrected chi connectivity index (χ4v) is 2.85. The number of amidine groups is 1. The Hall–Kier alpha value is -1.05. The molecule has 7 N–H and O–H groups in total. The number of ether oxygens (including phenoxy) is 1. The van der Waals surface area contributed by atoms with Crippen molar-refractivity contribution >= 4 is 26.5 Å². The molecule has 1 aliphatic heterocycles. The van der Waals surface area contributed by atoms with E-state index in [0.717, 1.165) is 0 Å². The molecule has 3 atom stereocenters. The van der Waals surface area contributed by atoms with Gasteiger partial charge in [-0.05, 0) is 0 Å². The minimum absolute atomic E-state index is 0.456. The predicted molar refractivity (Wildman–Crippen MR) is 57.5 cm³/mol. The molecule has 0 aromatic carbocycles. The lowest BCUT2D eigenvalue weighted by molar-refractivity contribution is -1.20. The van der Waals surface area contributed by atoms with E-state index in [-0.39, 0.29) is 0 Å². The van der Waals surface area contributed by atoms with Crippen molar-refractivity contribution in [2.75, 3.05) is 7.11 Å². The Morgan fingerprint density at radius 1 is 1.38 bits per heavy atom. The van der Waals surface area contributed by atoms with Crippen LogP contribution in [0, 0.1) is 0 Å². The number of nitrogens with two attached hydrogens (primary N) is 2. The minimum Gasteiger partial charge on any atom is -0.294 e. The zero-order chi connectivity index (χ0) is 17.1. The van der Waals surface area contributed by atoms with E-state index in [1.54, 1.807) is 0 Å². The fourth-order valence-electron chi connectivity index (χ4n) is 1.42. The first-order valence-corrected chi connectivity index (χ1v) is 7.33. The summed E-state index contributed by atoms with van der Waals surface area (Å²) in [6, 6.07) is 0. The molecule has 1 rings (SSSR count). The van der Waals surface area contributed by atoms with Gasteiger partial charge in [-0.3, -0.25) is 13.8 Å². The molecule has 13 nitrogen and oxygen atoms in total. The highest BCUT2D eigenvalue weighted by atomic mass is 32.2. The van der Waals surface area contributed by atoms with Crippen LogP contribution in [-0.2, 0) is 25.2 Å². The standard InChI is InChI=1S/C4H9F2N5O8S2/c1-19-4(7)10(21(16,17)18)2(5)9-3(6,11(4,8)12)20(13,14)15/h12H,7-8H2,1H3,(H-,13,14,15,16,17,18)/p+1. The number of rotatable bonds is 3. The van der Waals surface area contributed by atoms with Crippen molar-refractivity contribution in [2.45, 2.75) is 11.2 Å². The van der Waals surface area contributed by atoms with Gasteiger partial charge in [0.2, 0.25) is 0 Å². The molecule has 17 heteroatoms. The van der Waals surface area contributed by atoms with Crippen molar-refractivity contribution in [3.05, 3.63) is 0 Å². The molecule has 1 aliphatic rings. The Kier molecular flexibility index (Phi) is 3.83. The molecule has 0 radical (unpaired) electrons. The van der Waals surface area contributed by atoms with Gasteiger partial charge in [-0.15, -0.1) is 19.5 Å². The van der Waals surface area contributed by atoms with Gasteiger partial charge < -0.3 is 0 Å². The molecule has 0 spiro atoms. The van der Waals surface area contributed by atoms with E-state index in [1.807, 2.05) is 4.99 Å². The van der Waals surface area contributed by atoms with Gasteiger partial charge in [-0.25, -0.2) is 5.73 Å². The first-order valence-electron chi connectivity index (χ1n) is 4.50. The van der Waals surface area contributed by atoms with Gasteiger partial charge in [0.05, 0.1) is 0 Å². The smallest absolute Gasteiger partial charge is 0.294 e. The Labute approximate surface area is 116 Å². The second-order valence-corrected chi connectivity index (χ2v) is 6.41. The highest BCUT2D eigenvalue weighted by Gasteiger charge is 2.79. The van der Waals surface area contributed by atoms with Crippen LogP contribution in [0.15, 0.2) is 4.99 Å². The zero-order valence-electron chi connectivity index (χ0n) is 9.95. The van der Waals surface area contributed by atoms with Crippen LogP contribution in [0.5, 0.6) is 0 Å². The maximum Gasteiger partial charge on any atom is 0.527 e. The molecule has 0 fully saturated rings. The monoisotopic (exact) mass is 358 g/mol. The number of alkyl halides is 1. The van der Waals surface area contributed by atoms with Gasteiger partial charge in [0.25, 0.3) is 0 Å². The summed E-state index contributed by atoms with van der Waals surface area (Å²) in [7, 11) is -11.3. The van der Waals surface area contributed by atoms with E-state index in [9.17, 15) is 30.8 Å². The average molecular weight is 358 g/mol. The van der Waals surface area contributed by atoms with Crippen LogP contribution in [0.4, 0.5) is 8.78 Å². The SMILES string of the molecule is COC1(N)N(S(=O)(=O)O)C(F)=NC(F)(S(=O)(=O)O)[N+]1(N)O.